The van der Waals surface area contributed by atoms with Crippen molar-refractivity contribution in [3.63, 3.8) is 0 Å². The number of ether oxygens (including phenoxy) is 2. The van der Waals surface area contributed by atoms with E-state index in [2.05, 4.69) is 184 Å². The number of carbonyl (C=O) groups excluding carboxylic acids is 2. The number of carbonyl (C=O) groups is 2. The molecule has 6 atom stereocenters. The van der Waals surface area contributed by atoms with Gasteiger partial charge in [-0.2, -0.15) is 4.39 Å². The fourth-order valence-electron chi connectivity index (χ4n) is 11.1. The molecule has 8 aliphatic rings. The highest BCUT2D eigenvalue weighted by Crippen LogP contribution is 2.33. The molecule has 12 rings (SSSR count). The Morgan fingerprint density at radius 2 is 0.812 bits per heavy atom. The number of hydrogen-bond acceptors (Lipinski definition) is 18. The second kappa shape index (κ2) is 51.8. The van der Waals surface area contributed by atoms with Crippen LogP contribution < -0.4 is 36.0 Å². The van der Waals surface area contributed by atoms with Gasteiger partial charge in [-0.05, 0) is 216 Å². The maximum Gasteiger partial charge on any atom is 0.293 e. The summed E-state index contributed by atoms with van der Waals surface area (Å²) in [7, 11) is 28.1. The molecule has 16 nitrogen and oxygen atoms in total. The van der Waals surface area contributed by atoms with E-state index in [4.69, 9.17) is 28.8 Å². The van der Waals surface area contributed by atoms with Crippen molar-refractivity contribution in [1.82, 2.24) is 46.1 Å². The summed E-state index contributed by atoms with van der Waals surface area (Å²) in [5.74, 6) is 15.6. The van der Waals surface area contributed by atoms with E-state index in [1.54, 1.807) is 137 Å². The highest BCUT2D eigenvalue weighted by Gasteiger charge is 2.40. The molecule has 562 valence electrons. The van der Waals surface area contributed by atoms with Gasteiger partial charge in [0.2, 0.25) is 5.95 Å². The molecule has 0 radical (unpaired) electrons. The average molecular weight is 1960 g/mol. The molecule has 0 aromatic carbocycles. The predicted octanol–water partition coefficient (Wildman–Crippen LogP) is 8.13. The number of anilines is 3. The van der Waals surface area contributed by atoms with E-state index >= 15 is 0 Å². The second-order valence-corrected chi connectivity index (χ2v) is 62.0. The van der Waals surface area contributed by atoms with E-state index in [-0.39, 0.29) is 18.6 Å². The summed E-state index contributed by atoms with van der Waals surface area (Å²) in [5, 5.41) is 13.7. The minimum Gasteiger partial charge on any atom is -0.462 e. The summed E-state index contributed by atoms with van der Waals surface area (Å²) in [5.41, 5.74) is 4.64. The molecule has 0 saturated carbocycles. The summed E-state index contributed by atoms with van der Waals surface area (Å²) in [6.07, 6.45) is 12.5. The summed E-state index contributed by atoms with van der Waals surface area (Å²) in [6, 6.07) is 15.5. The smallest absolute Gasteiger partial charge is 0.293 e. The zero-order valence-electron chi connectivity index (χ0n) is 57.3. The van der Waals surface area contributed by atoms with Gasteiger partial charge >= 0.3 is 0 Å². The van der Waals surface area contributed by atoms with E-state index in [1.807, 2.05) is 66.1 Å². The van der Waals surface area contributed by atoms with Crippen LogP contribution in [0.3, 0.4) is 0 Å². The fraction of sp³-hybridized carbons (Fsp3) is 0.587. The van der Waals surface area contributed by atoms with Crippen LogP contribution in [0.15, 0.2) is 73.3 Å². The molecule has 8 aliphatic heterocycles. The first-order valence-corrected chi connectivity index (χ1v) is 59.9. The normalized spacial score (nSPS) is 21.2. The van der Waals surface area contributed by atoms with Crippen molar-refractivity contribution < 1.29 is 23.5 Å². The standard InChI is InChI=1S/C16H23N3Si.C14H17N3.C11H14IN3.C6H12N2.C5H3FIN.2C5H10O2.CH4.S18/c1-20(2,3)7-6-13-4-5-16(18-8-13)19-11-14-9-17-10-15(14)12-19;1-3-11-4-5-14(15-6-11)17-9-12-7-16(2)8-13(12)10-17;12-10-1-2-11(14-5-10)15-6-8-3-13-4-9(8)7-15;1-5-2-8-4-6(5)3-7-1;6-5-2-1-4(7)3-8-5;2*1-5(2,3)7-4-6;;1-3-5-7-9-11-13-15-17-18-16-14-12-10-8-6-4-2/h4-5,8,14-15,17H,9-12H2,1-3H3;1,4-6,12-13H,7-10H2,2H3;1-2,5,8-9,13H,3-4,6-7H2;5-8H,1-4H2;1-3H;2*4H,1-3H3;1H4;/t14-,15+;12-,13+;8-,9+;;;;;;. The molecule has 101 heavy (non-hydrogen) atoms. The number of terminal acetylenes is 1. The third kappa shape index (κ3) is 39.6. The van der Waals surface area contributed by atoms with Crippen molar-refractivity contribution in [2.24, 2.45) is 47.3 Å². The Bertz CT molecular complexity index is 3940. The lowest BCUT2D eigenvalue weighted by Crippen LogP contribution is -2.27. The quantitative estimate of drug-likeness (QED) is 0.0497. The van der Waals surface area contributed by atoms with Gasteiger partial charge in [0.1, 0.15) is 36.7 Å². The molecule has 8 saturated heterocycles. The van der Waals surface area contributed by atoms with Crippen LogP contribution in [0.4, 0.5) is 21.8 Å². The molecule has 12 heterocycles. The van der Waals surface area contributed by atoms with E-state index in [0.717, 1.165) is 106 Å². The highest BCUT2D eigenvalue weighted by molar-refractivity contribution is 14.1. The third-order valence-electron chi connectivity index (χ3n) is 15.6. The van der Waals surface area contributed by atoms with Crippen molar-refractivity contribution >= 4 is 248 Å². The molecule has 0 aliphatic carbocycles. The Balaban J connectivity index is 0.000000252. The Labute approximate surface area is 683 Å². The van der Waals surface area contributed by atoms with Crippen molar-refractivity contribution in [3.05, 3.63) is 97.5 Å². The van der Waals surface area contributed by atoms with Crippen molar-refractivity contribution in [2.45, 2.75) is 79.8 Å². The predicted molar refractivity (Wildman–Crippen MR) is 487 cm³/mol. The molecule has 4 aromatic rings. The number of hydrogen-bond donors (Lipinski definition) is 4. The molecular formula is C63H93FI2N12O4S18Si. The summed E-state index contributed by atoms with van der Waals surface area (Å²) in [6.45, 7) is 37.7. The zero-order valence-corrected chi connectivity index (χ0v) is 77.3. The van der Waals surface area contributed by atoms with Gasteiger partial charge in [-0.1, -0.05) is 38.9 Å². The Morgan fingerprint density at radius 1 is 0.495 bits per heavy atom. The van der Waals surface area contributed by atoms with Crippen molar-refractivity contribution in [3.8, 4) is 23.8 Å². The minimum absolute atomic E-state index is 0. The summed E-state index contributed by atoms with van der Waals surface area (Å²) in [4.78, 5) is 45.8. The van der Waals surface area contributed by atoms with Crippen LogP contribution in [-0.4, -0.2) is 169 Å². The Kier molecular flexibility index (Phi) is 47.6. The van der Waals surface area contributed by atoms with E-state index in [1.165, 1.54) is 112 Å². The number of nitrogens with zero attached hydrogens (tertiary/aromatic N) is 8. The van der Waals surface area contributed by atoms with Gasteiger partial charge in [-0.15, -0.1) is 12.0 Å². The molecule has 0 amide bonds. The molecule has 4 aromatic heterocycles. The number of likely N-dealkylation sites (tertiary alicyclic amines) is 1. The number of halogens is 3. The molecule has 8 fully saturated rings. The highest BCUT2D eigenvalue weighted by atomic mass is 127. The summed E-state index contributed by atoms with van der Waals surface area (Å²) < 4.78 is 23.2. The van der Waals surface area contributed by atoms with Crippen LogP contribution >= 0.6 is 45.2 Å². The second-order valence-electron chi connectivity index (χ2n) is 26.5. The fourth-order valence-corrected chi connectivity index (χ4v) is 50.7. The minimum atomic E-state index is -1.30. The van der Waals surface area contributed by atoms with E-state index < -0.39 is 14.0 Å². The first-order valence-electron chi connectivity index (χ1n) is 31.6. The molecule has 38 heteroatoms. The van der Waals surface area contributed by atoms with Crippen molar-refractivity contribution in [1.29, 1.82) is 0 Å². The molecule has 0 spiro atoms. The SMILES string of the molecule is C.C#Cc1ccc(N2C[C@H]3CN(C)C[C@H]3C2)nc1.C1NCC2CNCC12.CC(C)(C)OC=O.CC(C)(C)OC=O.C[Si](C)(C)C#Cc1ccc(N2C[C@H]3CNC[C@H]3C2)nc1.Fc1ccc(I)cn1.Ic1ccc(N2C[C@H]3CNC[C@H]3C2)nc1.S=S=S=S=S=S=S=S=S=S=S=S=S=S=S=S=S=S. The van der Waals surface area contributed by atoms with Gasteiger partial charge in [-0.3, -0.25) is 9.59 Å². The van der Waals surface area contributed by atoms with Crippen LogP contribution in [0.1, 0.15) is 60.1 Å². The maximum absolute atomic E-state index is 12.0. The van der Waals surface area contributed by atoms with Gasteiger partial charge in [0.15, 0.2) is 0 Å². The Hall–Kier alpha value is -0.573. The van der Waals surface area contributed by atoms with Crippen LogP contribution in [0.25, 0.3) is 0 Å². The van der Waals surface area contributed by atoms with Crippen LogP contribution in [0.5, 0.6) is 0 Å². The van der Waals surface area contributed by atoms with Crippen LogP contribution in [0, 0.1) is 84.2 Å². The number of rotatable bonds is 5. The number of aromatic nitrogens is 4. The van der Waals surface area contributed by atoms with Crippen molar-refractivity contribution in [2.75, 3.05) is 126 Å². The van der Waals surface area contributed by atoms with Crippen LogP contribution in [0.2, 0.25) is 19.6 Å². The van der Waals surface area contributed by atoms with Gasteiger partial charge in [-0.25, -0.2) is 19.9 Å². The van der Waals surface area contributed by atoms with Crippen LogP contribution in [-0.2, 0) is 184 Å². The first-order chi connectivity index (χ1) is 47.9. The lowest BCUT2D eigenvalue weighted by Gasteiger charge is -2.20. The molecule has 4 N–H and O–H groups in total. The lowest BCUT2D eigenvalue weighted by molar-refractivity contribution is -0.139. The monoisotopic (exact) mass is 1960 g/mol. The molecule has 0 bridgehead atoms. The maximum atomic E-state index is 12.0. The molecule has 0 unspecified atom stereocenters. The summed E-state index contributed by atoms with van der Waals surface area (Å²) >= 11 is 13.9. The van der Waals surface area contributed by atoms with E-state index in [0.29, 0.717) is 12.9 Å². The van der Waals surface area contributed by atoms with Gasteiger partial charge < -0.3 is 50.3 Å². The Morgan fingerprint density at radius 3 is 1.08 bits per heavy atom. The van der Waals surface area contributed by atoms with E-state index in [9.17, 15) is 14.0 Å². The molecular weight excluding hydrogens is 1870 g/mol. The average Bonchev–Trinajstić information content (AvgIpc) is 1.68. The number of nitrogens with one attached hydrogen (secondary N) is 4. The largest absolute Gasteiger partial charge is 0.462 e. The number of pyridine rings is 4. The zero-order chi connectivity index (χ0) is 72.8. The topological polar surface area (TPSA) is 165 Å². The lowest BCUT2D eigenvalue weighted by atomic mass is 10.0. The van der Waals surface area contributed by atoms with Gasteiger partial charge in [0, 0.05) is 286 Å². The third-order valence-corrected chi connectivity index (χ3v) is 51.1. The van der Waals surface area contributed by atoms with Gasteiger partial charge in [0.05, 0.1) is 0 Å². The van der Waals surface area contributed by atoms with Gasteiger partial charge in [0.25, 0.3) is 12.9 Å². The number of fused-ring (bicyclic) bond motifs is 4. The first kappa shape index (κ1) is 92.8.